The van der Waals surface area contributed by atoms with Crippen LogP contribution in [0.1, 0.15) is 35.6 Å². The van der Waals surface area contributed by atoms with Gasteiger partial charge < -0.3 is 15.5 Å². The van der Waals surface area contributed by atoms with E-state index in [4.69, 9.17) is 0 Å². The number of H-pyrrole nitrogens is 1. The van der Waals surface area contributed by atoms with Gasteiger partial charge >= 0.3 is 0 Å². The van der Waals surface area contributed by atoms with Gasteiger partial charge in [-0.15, -0.1) is 0 Å². The molecular formula is C19H27N5O2. The second kappa shape index (κ2) is 8.62. The van der Waals surface area contributed by atoms with Crippen molar-refractivity contribution in [3.63, 3.8) is 0 Å². The minimum absolute atomic E-state index is 0.145. The Morgan fingerprint density at radius 2 is 1.88 bits per heavy atom. The third kappa shape index (κ3) is 5.70. The number of rotatable bonds is 7. The lowest BCUT2D eigenvalue weighted by Crippen LogP contribution is -2.27. The summed E-state index contributed by atoms with van der Waals surface area (Å²) in [6.07, 6.45) is 0.830. The maximum Gasteiger partial charge on any atom is 0.276 e. The molecule has 1 heterocycles. The zero-order valence-corrected chi connectivity index (χ0v) is 16.0. The molecule has 0 fully saturated rings. The standard InChI is InChI=1S/C19H27N5O2/c1-12(2)8-14-10-17(23-22-14)19(26)21-16-9-13(3)6-7-15(16)20-18(25)11-24(4)5/h6-7,9-10,12H,8,11H2,1-5H3,(H,20,25)(H,21,26)(H,22,23). The van der Waals surface area contributed by atoms with Gasteiger partial charge in [0.2, 0.25) is 5.91 Å². The number of aromatic nitrogens is 2. The summed E-state index contributed by atoms with van der Waals surface area (Å²) in [5.41, 5.74) is 3.35. The number of carbonyl (C=O) groups is 2. The van der Waals surface area contributed by atoms with E-state index in [9.17, 15) is 9.59 Å². The van der Waals surface area contributed by atoms with Gasteiger partial charge in [-0.3, -0.25) is 14.7 Å². The molecular weight excluding hydrogens is 330 g/mol. The van der Waals surface area contributed by atoms with Crippen LogP contribution in [0.4, 0.5) is 11.4 Å². The predicted octanol–water partition coefficient (Wildman–Crippen LogP) is 2.67. The van der Waals surface area contributed by atoms with Crippen molar-refractivity contribution in [1.29, 1.82) is 0 Å². The van der Waals surface area contributed by atoms with Crippen LogP contribution in [-0.2, 0) is 11.2 Å². The normalized spacial score (nSPS) is 11.0. The molecule has 0 unspecified atom stereocenters. The first kappa shape index (κ1) is 19.7. The van der Waals surface area contributed by atoms with E-state index in [1.165, 1.54) is 0 Å². The summed E-state index contributed by atoms with van der Waals surface area (Å²) < 4.78 is 0. The zero-order chi connectivity index (χ0) is 19.3. The summed E-state index contributed by atoms with van der Waals surface area (Å²) >= 11 is 0. The Bertz CT molecular complexity index is 780. The third-order valence-corrected chi connectivity index (χ3v) is 3.65. The Morgan fingerprint density at radius 3 is 2.54 bits per heavy atom. The van der Waals surface area contributed by atoms with Gasteiger partial charge in [-0.2, -0.15) is 5.10 Å². The molecule has 0 aliphatic heterocycles. The molecule has 7 heteroatoms. The van der Waals surface area contributed by atoms with E-state index < -0.39 is 0 Å². The molecule has 2 amide bonds. The van der Waals surface area contributed by atoms with Crippen molar-refractivity contribution in [3.05, 3.63) is 41.2 Å². The van der Waals surface area contributed by atoms with E-state index in [-0.39, 0.29) is 18.4 Å². The molecule has 2 aromatic rings. The molecule has 140 valence electrons. The number of nitrogens with one attached hydrogen (secondary N) is 3. The Hall–Kier alpha value is -2.67. The molecule has 2 rings (SSSR count). The Balaban J connectivity index is 2.14. The van der Waals surface area contributed by atoms with Crippen LogP contribution < -0.4 is 10.6 Å². The molecule has 0 saturated heterocycles. The van der Waals surface area contributed by atoms with Gasteiger partial charge in [0, 0.05) is 5.69 Å². The molecule has 0 aliphatic carbocycles. The van der Waals surface area contributed by atoms with Crippen LogP contribution in [0.15, 0.2) is 24.3 Å². The Kier molecular flexibility index (Phi) is 6.52. The number of hydrogen-bond donors (Lipinski definition) is 3. The van der Waals surface area contributed by atoms with Crippen LogP contribution in [-0.4, -0.2) is 47.6 Å². The molecule has 0 saturated carbocycles. The van der Waals surface area contributed by atoms with Gasteiger partial charge in [0.25, 0.3) is 5.91 Å². The van der Waals surface area contributed by atoms with Gasteiger partial charge in [-0.05, 0) is 57.1 Å². The number of amides is 2. The molecule has 0 spiro atoms. The van der Waals surface area contributed by atoms with Crippen molar-refractivity contribution in [3.8, 4) is 0 Å². The number of benzene rings is 1. The number of likely N-dealkylation sites (N-methyl/N-ethyl adjacent to an activating group) is 1. The molecule has 26 heavy (non-hydrogen) atoms. The monoisotopic (exact) mass is 357 g/mol. The summed E-state index contributed by atoms with van der Waals surface area (Å²) in [6.45, 7) is 6.40. The zero-order valence-electron chi connectivity index (χ0n) is 16.0. The molecule has 0 radical (unpaired) electrons. The Labute approximate surface area is 154 Å². The van der Waals surface area contributed by atoms with Crippen molar-refractivity contribution >= 4 is 23.2 Å². The number of anilines is 2. The summed E-state index contributed by atoms with van der Waals surface area (Å²) in [5.74, 6) is 0.0138. The van der Waals surface area contributed by atoms with Crippen LogP contribution in [0.25, 0.3) is 0 Å². The highest BCUT2D eigenvalue weighted by atomic mass is 16.2. The van der Waals surface area contributed by atoms with Crippen LogP contribution in [0, 0.1) is 12.8 Å². The minimum Gasteiger partial charge on any atom is -0.323 e. The molecule has 0 bridgehead atoms. The van der Waals surface area contributed by atoms with Gasteiger partial charge in [-0.1, -0.05) is 19.9 Å². The van der Waals surface area contributed by atoms with Crippen LogP contribution in [0.3, 0.4) is 0 Å². The number of nitrogens with zero attached hydrogens (tertiary/aromatic N) is 2. The molecule has 1 aromatic heterocycles. The van der Waals surface area contributed by atoms with Crippen LogP contribution >= 0.6 is 0 Å². The number of aryl methyl sites for hydroxylation is 1. The van der Waals surface area contributed by atoms with E-state index in [0.717, 1.165) is 17.7 Å². The van der Waals surface area contributed by atoms with Crippen molar-refractivity contribution in [2.75, 3.05) is 31.3 Å². The summed E-state index contributed by atoms with van der Waals surface area (Å²) in [5, 5.41) is 12.7. The first-order valence-corrected chi connectivity index (χ1v) is 8.65. The fourth-order valence-electron chi connectivity index (χ4n) is 2.56. The molecule has 1 aromatic carbocycles. The highest BCUT2D eigenvalue weighted by Gasteiger charge is 2.15. The topological polar surface area (TPSA) is 90.1 Å². The van der Waals surface area contributed by atoms with Gasteiger partial charge in [0.15, 0.2) is 5.69 Å². The van der Waals surface area contributed by atoms with E-state index in [1.54, 1.807) is 17.0 Å². The van der Waals surface area contributed by atoms with E-state index >= 15 is 0 Å². The van der Waals surface area contributed by atoms with Crippen LogP contribution in [0.5, 0.6) is 0 Å². The van der Waals surface area contributed by atoms with Crippen LogP contribution in [0.2, 0.25) is 0 Å². The van der Waals surface area contributed by atoms with E-state index in [1.807, 2.05) is 33.2 Å². The van der Waals surface area contributed by atoms with Crippen molar-refractivity contribution in [2.45, 2.75) is 27.2 Å². The Morgan fingerprint density at radius 1 is 1.15 bits per heavy atom. The number of aromatic amines is 1. The summed E-state index contributed by atoms with van der Waals surface area (Å²) in [7, 11) is 3.65. The SMILES string of the molecule is Cc1ccc(NC(=O)CN(C)C)c(NC(=O)c2cc(CC(C)C)[nH]n2)c1. The second-order valence-electron chi connectivity index (χ2n) is 7.17. The highest BCUT2D eigenvalue weighted by Crippen LogP contribution is 2.24. The van der Waals surface area contributed by atoms with Crippen molar-refractivity contribution in [1.82, 2.24) is 15.1 Å². The second-order valence-corrected chi connectivity index (χ2v) is 7.17. The fraction of sp³-hybridized carbons (Fsp3) is 0.421. The lowest BCUT2D eigenvalue weighted by atomic mass is 10.1. The maximum absolute atomic E-state index is 12.5. The number of carbonyl (C=O) groups excluding carboxylic acids is 2. The molecule has 0 atom stereocenters. The van der Waals surface area contributed by atoms with Crippen molar-refractivity contribution in [2.24, 2.45) is 5.92 Å². The quantitative estimate of drug-likeness (QED) is 0.711. The van der Waals surface area contributed by atoms with Gasteiger partial charge in [0.1, 0.15) is 0 Å². The smallest absolute Gasteiger partial charge is 0.276 e. The summed E-state index contributed by atoms with van der Waals surface area (Å²) in [4.78, 5) is 26.3. The van der Waals surface area contributed by atoms with Gasteiger partial charge in [-0.25, -0.2) is 0 Å². The van der Waals surface area contributed by atoms with E-state index in [0.29, 0.717) is 23.0 Å². The molecule has 0 aliphatic rings. The minimum atomic E-state index is -0.315. The molecule has 3 N–H and O–H groups in total. The largest absolute Gasteiger partial charge is 0.323 e. The molecule has 7 nitrogen and oxygen atoms in total. The third-order valence-electron chi connectivity index (χ3n) is 3.65. The average molecular weight is 357 g/mol. The lowest BCUT2D eigenvalue weighted by molar-refractivity contribution is -0.116. The summed E-state index contributed by atoms with van der Waals surface area (Å²) in [6, 6.07) is 7.25. The van der Waals surface area contributed by atoms with E-state index in [2.05, 4.69) is 34.7 Å². The fourth-order valence-corrected chi connectivity index (χ4v) is 2.56. The predicted molar refractivity (Wildman–Crippen MR) is 103 cm³/mol. The lowest BCUT2D eigenvalue weighted by Gasteiger charge is -2.14. The first-order chi connectivity index (χ1) is 12.2. The first-order valence-electron chi connectivity index (χ1n) is 8.65. The maximum atomic E-state index is 12.5. The van der Waals surface area contributed by atoms with Crippen molar-refractivity contribution < 1.29 is 9.59 Å². The highest BCUT2D eigenvalue weighted by molar-refractivity contribution is 6.06. The number of hydrogen-bond acceptors (Lipinski definition) is 4. The average Bonchev–Trinajstić information content (AvgIpc) is 2.97. The van der Waals surface area contributed by atoms with Gasteiger partial charge in [0.05, 0.1) is 17.9 Å².